The number of hydrogen-bond donors (Lipinski definition) is 0. The topological polar surface area (TPSA) is 63.0 Å². The number of aryl methyl sites for hydroxylation is 2. The Hall–Kier alpha value is -3.28. The molecule has 0 aliphatic carbocycles. The summed E-state index contributed by atoms with van der Waals surface area (Å²) in [6.07, 6.45) is 4.39. The van der Waals surface area contributed by atoms with Gasteiger partial charge in [-0.3, -0.25) is 9.59 Å². The highest BCUT2D eigenvalue weighted by atomic mass is 16.5. The number of furan rings is 1. The lowest BCUT2D eigenvalue weighted by Crippen LogP contribution is -2.53. The molecule has 0 saturated carbocycles. The van der Waals surface area contributed by atoms with Crippen molar-refractivity contribution in [3.05, 3.63) is 59.4 Å². The number of amides is 2. The maximum Gasteiger partial charge on any atom is 0.265 e. The van der Waals surface area contributed by atoms with E-state index in [1.54, 1.807) is 11.2 Å². The molecular weight excluding hydrogens is 404 g/mol. The van der Waals surface area contributed by atoms with Gasteiger partial charge in [0.2, 0.25) is 5.91 Å². The van der Waals surface area contributed by atoms with Crippen molar-refractivity contribution in [3.63, 3.8) is 0 Å². The highest BCUT2D eigenvalue weighted by Gasteiger charge is 2.36. The molecule has 0 spiro atoms. The van der Waals surface area contributed by atoms with Crippen LogP contribution in [0.15, 0.2) is 47.1 Å². The Balaban J connectivity index is 1.42. The highest BCUT2D eigenvalue weighted by molar-refractivity contribution is 6.00. The second kappa shape index (κ2) is 8.34. The molecule has 2 aliphatic rings. The zero-order valence-corrected chi connectivity index (χ0v) is 18.6. The molecule has 2 aromatic carbocycles. The zero-order chi connectivity index (χ0) is 22.2. The van der Waals surface area contributed by atoms with E-state index in [4.69, 9.17) is 9.15 Å². The van der Waals surface area contributed by atoms with Crippen molar-refractivity contribution in [1.82, 2.24) is 4.90 Å². The fourth-order valence-electron chi connectivity index (χ4n) is 4.70. The maximum atomic E-state index is 13.5. The van der Waals surface area contributed by atoms with Crippen LogP contribution in [0.1, 0.15) is 36.0 Å². The summed E-state index contributed by atoms with van der Waals surface area (Å²) in [5.41, 5.74) is 4.64. The summed E-state index contributed by atoms with van der Waals surface area (Å²) in [7, 11) is 0. The SMILES string of the molecule is Cc1ccc2c(CC(=O)N3C[C@H](C(=O)N4CCCCC4)Oc4ccccc43)coc2c1C. The lowest BCUT2D eigenvalue weighted by atomic mass is 10.0. The fourth-order valence-corrected chi connectivity index (χ4v) is 4.70. The number of carbonyl (C=O) groups excluding carboxylic acids is 2. The van der Waals surface area contributed by atoms with E-state index in [1.807, 2.05) is 49.1 Å². The van der Waals surface area contributed by atoms with Gasteiger partial charge in [-0.2, -0.15) is 0 Å². The number of hydrogen-bond acceptors (Lipinski definition) is 4. The largest absolute Gasteiger partial charge is 0.476 e. The quantitative estimate of drug-likeness (QED) is 0.616. The van der Waals surface area contributed by atoms with Gasteiger partial charge in [0.15, 0.2) is 6.10 Å². The molecule has 1 saturated heterocycles. The molecule has 32 heavy (non-hydrogen) atoms. The predicted molar refractivity (Wildman–Crippen MR) is 123 cm³/mol. The number of likely N-dealkylation sites (tertiary alicyclic amines) is 1. The summed E-state index contributed by atoms with van der Waals surface area (Å²) in [5, 5.41) is 0.962. The van der Waals surface area contributed by atoms with E-state index < -0.39 is 6.10 Å². The first kappa shape index (κ1) is 20.6. The highest BCUT2D eigenvalue weighted by Crippen LogP contribution is 2.35. The lowest BCUT2D eigenvalue weighted by Gasteiger charge is -2.37. The molecular formula is C26H28N2O4. The Morgan fingerprint density at radius 2 is 1.81 bits per heavy atom. The molecule has 3 aromatic rings. The van der Waals surface area contributed by atoms with Crippen LogP contribution < -0.4 is 9.64 Å². The van der Waals surface area contributed by atoms with E-state index >= 15 is 0 Å². The number of benzene rings is 2. The summed E-state index contributed by atoms with van der Waals surface area (Å²) < 4.78 is 11.9. The van der Waals surface area contributed by atoms with Crippen LogP contribution in [0.2, 0.25) is 0 Å². The summed E-state index contributed by atoms with van der Waals surface area (Å²) >= 11 is 0. The van der Waals surface area contributed by atoms with E-state index in [-0.39, 0.29) is 24.8 Å². The average molecular weight is 433 g/mol. The Labute approximate surface area is 187 Å². The van der Waals surface area contributed by atoms with Gasteiger partial charge < -0.3 is 19.0 Å². The summed E-state index contributed by atoms with van der Waals surface area (Å²) in [4.78, 5) is 30.2. The van der Waals surface area contributed by atoms with Crippen molar-refractivity contribution in [3.8, 4) is 5.75 Å². The van der Waals surface area contributed by atoms with E-state index in [1.165, 1.54) is 0 Å². The second-order valence-electron chi connectivity index (χ2n) is 8.79. The second-order valence-corrected chi connectivity index (χ2v) is 8.79. The summed E-state index contributed by atoms with van der Waals surface area (Å²) in [6, 6.07) is 11.5. The summed E-state index contributed by atoms with van der Waals surface area (Å²) in [6.45, 7) is 5.81. The van der Waals surface area contributed by atoms with Gasteiger partial charge in [-0.05, 0) is 56.4 Å². The third-order valence-corrected chi connectivity index (χ3v) is 6.70. The number of piperidine rings is 1. The molecule has 1 fully saturated rings. The Kier molecular flexibility index (Phi) is 5.37. The first-order chi connectivity index (χ1) is 15.5. The van der Waals surface area contributed by atoms with Crippen LogP contribution in [-0.2, 0) is 16.0 Å². The van der Waals surface area contributed by atoms with Crippen molar-refractivity contribution in [1.29, 1.82) is 0 Å². The van der Waals surface area contributed by atoms with Crippen LogP contribution >= 0.6 is 0 Å². The van der Waals surface area contributed by atoms with Gasteiger partial charge >= 0.3 is 0 Å². The zero-order valence-electron chi connectivity index (χ0n) is 18.6. The van der Waals surface area contributed by atoms with Crippen molar-refractivity contribution >= 4 is 28.5 Å². The predicted octanol–water partition coefficient (Wildman–Crippen LogP) is 4.40. The van der Waals surface area contributed by atoms with Gasteiger partial charge in [0.25, 0.3) is 5.91 Å². The number of nitrogens with zero attached hydrogens (tertiary/aromatic N) is 2. The van der Waals surface area contributed by atoms with Crippen LogP contribution in [0.4, 0.5) is 5.69 Å². The number of fused-ring (bicyclic) bond motifs is 2. The van der Waals surface area contributed by atoms with E-state index in [2.05, 4.69) is 6.07 Å². The molecule has 3 heterocycles. The van der Waals surface area contributed by atoms with Crippen LogP contribution in [-0.4, -0.2) is 42.5 Å². The van der Waals surface area contributed by atoms with Gasteiger partial charge in [0.1, 0.15) is 11.3 Å². The average Bonchev–Trinajstić information content (AvgIpc) is 3.24. The van der Waals surface area contributed by atoms with Gasteiger partial charge in [-0.25, -0.2) is 0 Å². The van der Waals surface area contributed by atoms with E-state index in [0.717, 1.165) is 60.0 Å². The Bertz CT molecular complexity index is 1180. The molecule has 0 unspecified atom stereocenters. The first-order valence-corrected chi connectivity index (χ1v) is 11.3. The fraction of sp³-hybridized carbons (Fsp3) is 0.385. The minimum atomic E-state index is -0.682. The molecule has 5 rings (SSSR count). The molecule has 0 N–H and O–H groups in total. The number of anilines is 1. The Morgan fingerprint density at radius 3 is 2.62 bits per heavy atom. The number of carbonyl (C=O) groups is 2. The molecule has 6 nitrogen and oxygen atoms in total. The first-order valence-electron chi connectivity index (χ1n) is 11.3. The van der Waals surface area contributed by atoms with Crippen LogP contribution in [0, 0.1) is 13.8 Å². The molecule has 1 atom stereocenters. The molecule has 166 valence electrons. The maximum absolute atomic E-state index is 13.5. The van der Waals surface area contributed by atoms with Crippen molar-refractivity contribution in [2.45, 2.75) is 45.6 Å². The standard InChI is InChI=1S/C26H28N2O4/c1-17-10-11-20-19(16-31-25(20)18(17)2)14-24(29)28-15-23(26(30)27-12-6-3-7-13-27)32-22-9-5-4-8-21(22)28/h4-5,8-11,16,23H,3,6-7,12-15H2,1-2H3/t23-/m1/s1. The van der Waals surface area contributed by atoms with Gasteiger partial charge in [-0.1, -0.05) is 24.3 Å². The molecule has 1 aromatic heterocycles. The number of rotatable bonds is 3. The lowest BCUT2D eigenvalue weighted by molar-refractivity contribution is -0.139. The smallest absolute Gasteiger partial charge is 0.265 e. The molecule has 2 aliphatic heterocycles. The van der Waals surface area contributed by atoms with Crippen LogP contribution in [0.25, 0.3) is 11.0 Å². The normalized spacial score (nSPS) is 18.4. The van der Waals surface area contributed by atoms with Crippen molar-refractivity contribution in [2.75, 3.05) is 24.5 Å². The minimum Gasteiger partial charge on any atom is -0.476 e. The third kappa shape index (κ3) is 3.64. The number of ether oxygens (including phenoxy) is 1. The van der Waals surface area contributed by atoms with Gasteiger partial charge in [-0.15, -0.1) is 0 Å². The van der Waals surface area contributed by atoms with Gasteiger partial charge in [0, 0.05) is 24.0 Å². The van der Waals surface area contributed by atoms with Crippen LogP contribution in [0.5, 0.6) is 5.75 Å². The molecule has 2 amide bonds. The summed E-state index contributed by atoms with van der Waals surface area (Å²) in [5.74, 6) is 0.473. The molecule has 6 heteroatoms. The number of para-hydroxylation sites is 2. The third-order valence-electron chi connectivity index (χ3n) is 6.70. The van der Waals surface area contributed by atoms with Crippen molar-refractivity contribution < 1.29 is 18.7 Å². The minimum absolute atomic E-state index is 0.0307. The molecule has 0 radical (unpaired) electrons. The van der Waals surface area contributed by atoms with Crippen molar-refractivity contribution in [2.24, 2.45) is 0 Å². The van der Waals surface area contributed by atoms with Gasteiger partial charge in [0.05, 0.1) is 24.9 Å². The monoisotopic (exact) mass is 432 g/mol. The molecule has 0 bridgehead atoms. The van der Waals surface area contributed by atoms with Crippen LogP contribution in [0.3, 0.4) is 0 Å². The van der Waals surface area contributed by atoms with E-state index in [0.29, 0.717) is 11.4 Å². The van der Waals surface area contributed by atoms with E-state index in [9.17, 15) is 9.59 Å². The Morgan fingerprint density at radius 1 is 1.03 bits per heavy atom.